The quantitative estimate of drug-likeness (QED) is 0.378. The van der Waals surface area contributed by atoms with Crippen LogP contribution in [0.25, 0.3) is 5.57 Å². The number of aryl methyl sites for hydroxylation is 1. The number of hydrogen-bond acceptors (Lipinski definition) is 5. The number of hydrazine groups is 1. The Kier molecular flexibility index (Phi) is 5.92. The van der Waals surface area contributed by atoms with Crippen LogP contribution in [-0.4, -0.2) is 33.8 Å². The summed E-state index contributed by atoms with van der Waals surface area (Å²) >= 11 is 0. The lowest BCUT2D eigenvalue weighted by Crippen LogP contribution is -2.45. The molecule has 3 heterocycles. The lowest BCUT2D eigenvalue weighted by molar-refractivity contribution is 0.135. The molecule has 1 aromatic heterocycles. The average Bonchev–Trinajstić information content (AvgIpc) is 3.64. The fraction of sp³-hybridized carbons (Fsp3) is 0.393. The minimum atomic E-state index is -1.01. The van der Waals surface area contributed by atoms with E-state index in [2.05, 4.69) is 58.4 Å². The fourth-order valence-electron chi connectivity index (χ4n) is 6.17. The van der Waals surface area contributed by atoms with Crippen molar-refractivity contribution in [3.8, 4) is 5.75 Å². The number of aromatic hydroxyl groups is 1. The molecule has 1 saturated heterocycles. The summed E-state index contributed by atoms with van der Waals surface area (Å²) in [5.74, 6) is 1.05. The van der Waals surface area contributed by atoms with E-state index in [1.807, 2.05) is 18.3 Å². The van der Waals surface area contributed by atoms with E-state index in [4.69, 9.17) is 4.98 Å². The molecule has 0 radical (unpaired) electrons. The lowest BCUT2D eigenvalue weighted by Gasteiger charge is -2.36. The van der Waals surface area contributed by atoms with Gasteiger partial charge in [0.15, 0.2) is 0 Å². The lowest BCUT2D eigenvalue weighted by atomic mass is 9.71. The Hall–Kier alpha value is -3.00. The molecule has 0 spiro atoms. The molecular weight excluding hydrogens is 441 g/mol. The van der Waals surface area contributed by atoms with E-state index < -0.39 is 6.17 Å². The fourth-order valence-corrected chi connectivity index (χ4v) is 6.17. The van der Waals surface area contributed by atoms with Gasteiger partial charge in [-0.05, 0) is 53.7 Å². The van der Waals surface area contributed by atoms with Crippen molar-refractivity contribution < 1.29 is 9.50 Å². The van der Waals surface area contributed by atoms with E-state index in [0.29, 0.717) is 0 Å². The molecule has 2 fully saturated rings. The summed E-state index contributed by atoms with van der Waals surface area (Å²) in [5.41, 5.74) is 12.1. The van der Waals surface area contributed by atoms with E-state index >= 15 is 4.39 Å². The van der Waals surface area contributed by atoms with Crippen molar-refractivity contribution in [2.24, 2.45) is 5.92 Å². The monoisotopic (exact) mass is 473 g/mol. The Balaban J connectivity index is 1.18. The molecule has 6 unspecified atom stereocenters. The maximum atomic E-state index is 15.8. The normalized spacial score (nSPS) is 30.3. The van der Waals surface area contributed by atoms with Crippen LogP contribution in [-0.2, 0) is 6.42 Å². The average molecular weight is 474 g/mol. The second-order valence-corrected chi connectivity index (χ2v) is 9.96. The van der Waals surface area contributed by atoms with Crippen LogP contribution >= 0.6 is 0 Å². The van der Waals surface area contributed by atoms with Crippen molar-refractivity contribution in [1.29, 1.82) is 0 Å². The van der Waals surface area contributed by atoms with Gasteiger partial charge in [0.1, 0.15) is 17.7 Å². The molecule has 35 heavy (non-hydrogen) atoms. The van der Waals surface area contributed by atoms with Gasteiger partial charge in [0.2, 0.25) is 0 Å². The smallest absolute Gasteiger partial charge is 0.125 e. The maximum absolute atomic E-state index is 15.8. The summed E-state index contributed by atoms with van der Waals surface area (Å²) in [6.45, 7) is 2.83. The van der Waals surface area contributed by atoms with Crippen LogP contribution in [0.4, 0.5) is 4.39 Å². The number of rotatable bonds is 5. The Morgan fingerprint density at radius 1 is 1.09 bits per heavy atom. The first-order chi connectivity index (χ1) is 17.1. The number of H-pyrrole nitrogens is 1. The Morgan fingerprint density at radius 2 is 1.94 bits per heavy atom. The summed E-state index contributed by atoms with van der Waals surface area (Å²) in [6.07, 6.45) is 5.60. The molecule has 7 heteroatoms. The highest BCUT2D eigenvalue weighted by molar-refractivity contribution is 5.67. The van der Waals surface area contributed by atoms with Crippen LogP contribution in [0.2, 0.25) is 0 Å². The molecule has 6 rings (SSSR count). The van der Waals surface area contributed by atoms with Crippen molar-refractivity contribution in [2.75, 3.05) is 6.54 Å². The predicted octanol–water partition coefficient (Wildman–Crippen LogP) is 4.46. The second-order valence-electron chi connectivity index (χ2n) is 9.96. The zero-order chi connectivity index (χ0) is 23.9. The Labute approximate surface area is 205 Å². The molecule has 3 aromatic rings. The van der Waals surface area contributed by atoms with E-state index in [-0.39, 0.29) is 35.7 Å². The highest BCUT2D eigenvalue weighted by Gasteiger charge is 2.48. The zero-order valence-electron chi connectivity index (χ0n) is 19.8. The van der Waals surface area contributed by atoms with Gasteiger partial charge in [-0.25, -0.2) is 14.8 Å². The summed E-state index contributed by atoms with van der Waals surface area (Å²) < 4.78 is 15.8. The minimum absolute atomic E-state index is 0.0571. The summed E-state index contributed by atoms with van der Waals surface area (Å²) in [6, 6.07) is 15.6. The molecule has 6 nitrogen and oxygen atoms in total. The highest BCUT2D eigenvalue weighted by Crippen LogP contribution is 2.45. The number of benzene rings is 2. The van der Waals surface area contributed by atoms with Crippen LogP contribution in [0.3, 0.4) is 0 Å². The van der Waals surface area contributed by atoms with Gasteiger partial charge in [0.25, 0.3) is 0 Å². The number of nitrogens with zero attached hydrogens (tertiary/aromatic N) is 1. The first kappa shape index (κ1) is 22.5. The van der Waals surface area contributed by atoms with Crippen LogP contribution in [0.1, 0.15) is 66.0 Å². The predicted molar refractivity (Wildman–Crippen MR) is 134 cm³/mol. The molecule has 0 amide bonds. The van der Waals surface area contributed by atoms with Crippen molar-refractivity contribution in [3.63, 3.8) is 0 Å². The van der Waals surface area contributed by atoms with E-state index in [9.17, 15) is 5.11 Å². The van der Waals surface area contributed by atoms with Crippen molar-refractivity contribution >= 4 is 5.57 Å². The number of phenolic OH excluding ortho intramolecular Hbond substituents is 1. The van der Waals surface area contributed by atoms with Crippen molar-refractivity contribution in [2.45, 2.75) is 56.4 Å². The van der Waals surface area contributed by atoms with Gasteiger partial charge in [-0.15, -0.1) is 0 Å². The minimum Gasteiger partial charge on any atom is -0.508 e. The third-order valence-corrected chi connectivity index (χ3v) is 8.02. The molecule has 182 valence electrons. The van der Waals surface area contributed by atoms with Gasteiger partial charge in [-0.1, -0.05) is 49.4 Å². The number of nitrogens with one attached hydrogen (secondary N) is 4. The van der Waals surface area contributed by atoms with Gasteiger partial charge < -0.3 is 15.4 Å². The first-order valence-electron chi connectivity index (χ1n) is 12.6. The number of imidazole rings is 1. The van der Waals surface area contributed by atoms with Crippen LogP contribution in [0.15, 0.2) is 60.8 Å². The van der Waals surface area contributed by atoms with Crippen LogP contribution < -0.4 is 16.2 Å². The summed E-state index contributed by atoms with van der Waals surface area (Å²) in [7, 11) is 0. The number of halogens is 1. The van der Waals surface area contributed by atoms with Gasteiger partial charge in [-0.2, -0.15) is 0 Å². The van der Waals surface area contributed by atoms with Gasteiger partial charge >= 0.3 is 0 Å². The number of aromatic amines is 1. The molecule has 2 aromatic carbocycles. The van der Waals surface area contributed by atoms with Crippen LogP contribution in [0, 0.1) is 5.92 Å². The SMILES string of the molecule is CCc1cc(O)ccc1C1CCC2C(c3ncc(C4=CC(c5ccccc5)NC4)[nH]3)NNC2C1F. The number of phenols is 1. The maximum Gasteiger partial charge on any atom is 0.125 e. The van der Waals surface area contributed by atoms with Gasteiger partial charge in [0.05, 0.1) is 30.0 Å². The third-order valence-electron chi connectivity index (χ3n) is 8.02. The topological polar surface area (TPSA) is 85.0 Å². The molecule has 1 saturated carbocycles. The largest absolute Gasteiger partial charge is 0.508 e. The molecule has 2 aliphatic heterocycles. The molecule has 6 atom stereocenters. The van der Waals surface area contributed by atoms with E-state index in [1.54, 1.807) is 12.1 Å². The zero-order valence-corrected chi connectivity index (χ0v) is 19.8. The summed E-state index contributed by atoms with van der Waals surface area (Å²) in [5, 5.41) is 13.4. The molecule has 1 aliphatic carbocycles. The number of alkyl halides is 1. The van der Waals surface area contributed by atoms with Gasteiger partial charge in [0, 0.05) is 18.4 Å². The van der Waals surface area contributed by atoms with Gasteiger partial charge in [-0.3, -0.25) is 5.43 Å². The second kappa shape index (κ2) is 9.22. The molecule has 0 bridgehead atoms. The Morgan fingerprint density at radius 3 is 2.77 bits per heavy atom. The first-order valence-corrected chi connectivity index (χ1v) is 12.6. The summed E-state index contributed by atoms with van der Waals surface area (Å²) in [4.78, 5) is 8.21. The Bertz CT molecular complexity index is 1230. The highest BCUT2D eigenvalue weighted by atomic mass is 19.1. The van der Waals surface area contributed by atoms with Crippen molar-refractivity contribution in [1.82, 2.24) is 26.1 Å². The van der Waals surface area contributed by atoms with E-state index in [0.717, 1.165) is 48.5 Å². The standard InChI is InChI=1S/C28H32FN5O/c1-2-16-12-19(35)8-9-20(16)21-10-11-22-26(25(21)29)33-34-27(22)28-31-15-24(32-28)18-13-23(30-14-18)17-6-4-3-5-7-17/h3-9,12-13,15,21-23,25-27,30,33-35H,2,10-11,14H2,1H3,(H,31,32). The van der Waals surface area contributed by atoms with Crippen molar-refractivity contribution in [3.05, 3.63) is 89.0 Å². The number of hydrogen-bond donors (Lipinski definition) is 5. The molecule has 3 aliphatic rings. The number of aromatic nitrogens is 2. The molecule has 5 N–H and O–H groups in total. The third kappa shape index (κ3) is 4.07. The van der Waals surface area contributed by atoms with Crippen LogP contribution in [0.5, 0.6) is 5.75 Å². The molecular formula is C28H32FN5O. The number of fused-ring (bicyclic) bond motifs is 1. The van der Waals surface area contributed by atoms with E-state index in [1.165, 1.54) is 11.1 Å².